The first-order valence-electron chi connectivity index (χ1n) is 5.08. The summed E-state index contributed by atoms with van der Waals surface area (Å²) in [6.45, 7) is 0.0722. The largest absolute Gasteiger partial charge is 0.311 e. The minimum Gasteiger partial charge on any atom is -0.311 e. The van der Waals surface area contributed by atoms with E-state index in [0.29, 0.717) is 20.8 Å². The van der Waals surface area contributed by atoms with E-state index in [0.717, 1.165) is 0 Å². The normalized spacial score (nSPS) is 10.3. The molecular weight excluding hydrogens is 313 g/mol. The molecule has 2 rings (SSSR count). The molecule has 0 fully saturated rings. The fourth-order valence-electron chi connectivity index (χ4n) is 1.30. The summed E-state index contributed by atoms with van der Waals surface area (Å²) in [5, 5.41) is 8.20. The lowest BCUT2D eigenvalue weighted by molar-refractivity contribution is -0.121. The molecule has 0 saturated heterocycles. The number of hydrogen-bond acceptors (Lipinski definition) is 4. The number of carbonyl (C=O) groups is 1. The number of benzene rings is 1. The number of amides is 1. The Balaban J connectivity index is 1.97. The van der Waals surface area contributed by atoms with Crippen molar-refractivity contribution >= 4 is 46.4 Å². The predicted octanol–water partition coefficient (Wildman–Crippen LogP) is 2.38. The topological polar surface area (TPSA) is 71.8 Å². The molecule has 2 aromatic rings. The van der Waals surface area contributed by atoms with Crippen molar-refractivity contribution < 1.29 is 4.79 Å². The number of nitrogens with zero attached hydrogens (tertiary/aromatic N) is 3. The maximum absolute atomic E-state index is 11.6. The molecule has 1 aromatic carbocycles. The van der Waals surface area contributed by atoms with Gasteiger partial charge in [0.05, 0.1) is 15.7 Å². The average molecular weight is 321 g/mol. The molecule has 0 aliphatic heterocycles. The minimum atomic E-state index is -0.304. The third-order valence-electron chi connectivity index (χ3n) is 2.13. The fraction of sp³-hybridized carbons (Fsp3) is 0.100. The molecule has 0 aliphatic carbocycles. The van der Waals surface area contributed by atoms with Crippen LogP contribution >= 0.6 is 34.8 Å². The number of hydrazine groups is 1. The van der Waals surface area contributed by atoms with E-state index in [1.807, 2.05) is 0 Å². The molecule has 0 saturated carbocycles. The Morgan fingerprint density at radius 2 is 1.74 bits per heavy atom. The molecule has 1 amide bonds. The van der Waals surface area contributed by atoms with Crippen LogP contribution in [0.3, 0.4) is 0 Å². The van der Waals surface area contributed by atoms with Crippen LogP contribution in [0.15, 0.2) is 24.8 Å². The van der Waals surface area contributed by atoms with E-state index < -0.39 is 0 Å². The van der Waals surface area contributed by atoms with Crippen molar-refractivity contribution in [1.82, 2.24) is 20.2 Å². The summed E-state index contributed by atoms with van der Waals surface area (Å²) in [6.07, 6.45) is 2.86. The smallest absolute Gasteiger partial charge is 0.258 e. The van der Waals surface area contributed by atoms with E-state index in [2.05, 4.69) is 21.0 Å². The lowest BCUT2D eigenvalue weighted by Crippen LogP contribution is -2.32. The zero-order valence-electron chi connectivity index (χ0n) is 9.40. The van der Waals surface area contributed by atoms with Crippen molar-refractivity contribution in [3.8, 4) is 0 Å². The number of halogens is 3. The molecular formula is C10H8Cl3N5O. The lowest BCUT2D eigenvalue weighted by Gasteiger charge is -2.12. The van der Waals surface area contributed by atoms with E-state index in [9.17, 15) is 4.79 Å². The monoisotopic (exact) mass is 319 g/mol. The van der Waals surface area contributed by atoms with Crippen LogP contribution in [0.1, 0.15) is 0 Å². The second-order valence-electron chi connectivity index (χ2n) is 3.55. The maximum Gasteiger partial charge on any atom is 0.258 e. The van der Waals surface area contributed by atoms with Crippen molar-refractivity contribution in [2.24, 2.45) is 0 Å². The molecule has 19 heavy (non-hydrogen) atoms. The standard InChI is InChI=1S/C10H8Cl3N5O/c11-6-1-7(12)10(8(13)2-6)17-16-9(19)3-18-4-14-15-5-18/h1-2,4-5,17H,3H2,(H,16,19). The van der Waals surface area contributed by atoms with Gasteiger partial charge in [0.2, 0.25) is 0 Å². The number of carbonyl (C=O) groups excluding carboxylic acids is 1. The predicted molar refractivity (Wildman–Crippen MR) is 73.3 cm³/mol. The third kappa shape index (κ3) is 3.73. The van der Waals surface area contributed by atoms with Crippen molar-refractivity contribution in [1.29, 1.82) is 0 Å². The van der Waals surface area contributed by atoms with Crippen LogP contribution in [0.2, 0.25) is 15.1 Å². The maximum atomic E-state index is 11.6. The van der Waals surface area contributed by atoms with Crippen molar-refractivity contribution in [3.63, 3.8) is 0 Å². The Labute approximate surface area is 123 Å². The quantitative estimate of drug-likeness (QED) is 0.849. The first-order chi connectivity index (χ1) is 9.06. The highest BCUT2D eigenvalue weighted by molar-refractivity contribution is 6.41. The summed E-state index contributed by atoms with van der Waals surface area (Å²) in [7, 11) is 0. The highest BCUT2D eigenvalue weighted by atomic mass is 35.5. The van der Waals surface area contributed by atoms with Gasteiger partial charge >= 0.3 is 0 Å². The molecule has 1 heterocycles. The summed E-state index contributed by atoms with van der Waals surface area (Å²) in [5.41, 5.74) is 5.48. The summed E-state index contributed by atoms with van der Waals surface area (Å²) >= 11 is 17.7. The number of aromatic nitrogens is 3. The van der Waals surface area contributed by atoms with Gasteiger partial charge in [-0.1, -0.05) is 34.8 Å². The van der Waals surface area contributed by atoms with Crippen LogP contribution in [0.4, 0.5) is 5.69 Å². The van der Waals surface area contributed by atoms with Gasteiger partial charge < -0.3 is 4.57 Å². The molecule has 1 aromatic heterocycles. The third-order valence-corrected chi connectivity index (χ3v) is 2.94. The zero-order valence-corrected chi connectivity index (χ0v) is 11.7. The van der Waals surface area contributed by atoms with Crippen LogP contribution in [-0.2, 0) is 11.3 Å². The molecule has 2 N–H and O–H groups in total. The van der Waals surface area contributed by atoms with Crippen molar-refractivity contribution in [3.05, 3.63) is 39.9 Å². The summed E-state index contributed by atoms with van der Waals surface area (Å²) in [5.74, 6) is -0.304. The highest BCUT2D eigenvalue weighted by Gasteiger charge is 2.09. The van der Waals surface area contributed by atoms with Gasteiger partial charge in [-0.15, -0.1) is 10.2 Å². The Morgan fingerprint density at radius 3 is 2.32 bits per heavy atom. The number of rotatable bonds is 4. The van der Waals surface area contributed by atoms with Gasteiger partial charge in [0.25, 0.3) is 5.91 Å². The molecule has 0 bridgehead atoms. The van der Waals surface area contributed by atoms with Crippen LogP contribution in [0.5, 0.6) is 0 Å². The summed E-state index contributed by atoms with van der Waals surface area (Å²) in [6, 6.07) is 3.03. The fourth-order valence-corrected chi connectivity index (χ4v) is 2.21. The van der Waals surface area contributed by atoms with Gasteiger partial charge in [0.15, 0.2) is 0 Å². The molecule has 6 nitrogen and oxygen atoms in total. The first-order valence-corrected chi connectivity index (χ1v) is 6.21. The molecule has 0 radical (unpaired) electrons. The van der Waals surface area contributed by atoms with Crippen LogP contribution in [-0.4, -0.2) is 20.7 Å². The Hall–Kier alpha value is -1.50. The van der Waals surface area contributed by atoms with Gasteiger partial charge in [0, 0.05) is 5.02 Å². The summed E-state index contributed by atoms with van der Waals surface area (Å²) in [4.78, 5) is 11.6. The zero-order chi connectivity index (χ0) is 13.8. The molecule has 100 valence electrons. The van der Waals surface area contributed by atoms with Crippen molar-refractivity contribution in [2.75, 3.05) is 5.43 Å². The molecule has 9 heteroatoms. The van der Waals surface area contributed by atoms with E-state index >= 15 is 0 Å². The Morgan fingerprint density at radius 1 is 1.16 bits per heavy atom. The van der Waals surface area contributed by atoms with E-state index in [1.54, 1.807) is 0 Å². The summed E-state index contributed by atoms with van der Waals surface area (Å²) < 4.78 is 1.52. The van der Waals surface area contributed by atoms with Crippen molar-refractivity contribution in [2.45, 2.75) is 6.54 Å². The molecule has 0 aliphatic rings. The van der Waals surface area contributed by atoms with Crippen LogP contribution in [0, 0.1) is 0 Å². The van der Waals surface area contributed by atoms with Gasteiger partial charge in [-0.25, -0.2) is 0 Å². The van der Waals surface area contributed by atoms with Gasteiger partial charge in [0.1, 0.15) is 19.2 Å². The van der Waals surface area contributed by atoms with Crippen LogP contribution < -0.4 is 10.9 Å². The van der Waals surface area contributed by atoms with Gasteiger partial charge in [-0.05, 0) is 12.1 Å². The minimum absolute atomic E-state index is 0.0722. The van der Waals surface area contributed by atoms with E-state index in [4.69, 9.17) is 34.8 Å². The average Bonchev–Trinajstić information content (AvgIpc) is 2.80. The molecule has 0 unspecified atom stereocenters. The second-order valence-corrected chi connectivity index (χ2v) is 4.80. The molecule has 0 spiro atoms. The van der Waals surface area contributed by atoms with Gasteiger partial charge in [-0.3, -0.25) is 15.6 Å². The van der Waals surface area contributed by atoms with E-state index in [1.165, 1.54) is 29.4 Å². The van der Waals surface area contributed by atoms with E-state index in [-0.39, 0.29) is 12.5 Å². The highest BCUT2D eigenvalue weighted by Crippen LogP contribution is 2.32. The number of anilines is 1. The second kappa shape index (κ2) is 6.10. The Bertz CT molecular complexity index is 564. The lowest BCUT2D eigenvalue weighted by atomic mass is 10.3. The number of nitrogens with one attached hydrogen (secondary N) is 2. The van der Waals surface area contributed by atoms with Gasteiger partial charge in [-0.2, -0.15) is 0 Å². The Kier molecular flexibility index (Phi) is 4.47. The van der Waals surface area contributed by atoms with Crippen LogP contribution in [0.25, 0.3) is 0 Å². The number of hydrogen-bond donors (Lipinski definition) is 2. The first kappa shape index (κ1) is 13.9. The SMILES string of the molecule is O=C(Cn1cnnc1)NNc1c(Cl)cc(Cl)cc1Cl. The molecule has 0 atom stereocenters.